The minimum Gasteiger partial charge on any atom is -0.496 e. The lowest BCUT2D eigenvalue weighted by atomic mass is 10.1. The van der Waals surface area contributed by atoms with Gasteiger partial charge in [0.05, 0.1) is 7.11 Å². The second-order valence-electron chi connectivity index (χ2n) is 6.24. The van der Waals surface area contributed by atoms with Crippen molar-refractivity contribution in [2.75, 3.05) is 39.8 Å². The average molecular weight is 347 g/mol. The monoisotopic (exact) mass is 347 g/mol. The summed E-state index contributed by atoms with van der Waals surface area (Å²) in [6, 6.07) is 5.55. The van der Waals surface area contributed by atoms with E-state index >= 15 is 0 Å². The van der Waals surface area contributed by atoms with Crippen molar-refractivity contribution in [2.45, 2.75) is 33.1 Å². The summed E-state index contributed by atoms with van der Waals surface area (Å²) >= 11 is 0. The number of nitrogens with one attached hydrogen (secondary N) is 1. The Bertz CT molecular complexity index is 604. The second-order valence-corrected chi connectivity index (χ2v) is 6.24. The molecule has 0 unspecified atom stereocenters. The van der Waals surface area contributed by atoms with Crippen molar-refractivity contribution in [1.82, 2.24) is 15.1 Å². The zero-order valence-corrected chi connectivity index (χ0v) is 15.5. The lowest BCUT2D eigenvalue weighted by Crippen LogP contribution is -2.42. The molecule has 1 aromatic carbocycles. The summed E-state index contributed by atoms with van der Waals surface area (Å²) in [5.74, 6) is 0.835. The number of rotatable bonds is 5. The molecule has 0 aromatic heterocycles. The maximum atomic E-state index is 12.8. The summed E-state index contributed by atoms with van der Waals surface area (Å²) in [4.78, 5) is 28.6. The van der Waals surface area contributed by atoms with E-state index in [-0.39, 0.29) is 11.9 Å². The van der Waals surface area contributed by atoms with Gasteiger partial charge in [0.2, 0.25) is 0 Å². The molecule has 1 heterocycles. The Labute approximate surface area is 150 Å². The summed E-state index contributed by atoms with van der Waals surface area (Å²) < 4.78 is 5.33. The number of benzene rings is 1. The van der Waals surface area contributed by atoms with Crippen molar-refractivity contribution in [2.24, 2.45) is 0 Å². The third-order valence-electron chi connectivity index (χ3n) is 4.50. The molecule has 6 nitrogen and oxygen atoms in total. The van der Waals surface area contributed by atoms with Crippen LogP contribution in [0.25, 0.3) is 0 Å². The molecule has 0 spiro atoms. The largest absolute Gasteiger partial charge is 0.496 e. The highest BCUT2D eigenvalue weighted by Gasteiger charge is 2.23. The van der Waals surface area contributed by atoms with E-state index in [1.165, 1.54) is 0 Å². The first-order chi connectivity index (χ1) is 12.1. The quantitative estimate of drug-likeness (QED) is 0.890. The number of aryl methyl sites for hydroxylation is 1. The molecule has 0 aliphatic carbocycles. The lowest BCUT2D eigenvalue weighted by Gasteiger charge is -2.23. The number of methoxy groups -OCH3 is 1. The first-order valence-corrected chi connectivity index (χ1v) is 9.09. The van der Waals surface area contributed by atoms with E-state index in [1.807, 2.05) is 36.9 Å². The Morgan fingerprint density at radius 1 is 1.12 bits per heavy atom. The van der Waals surface area contributed by atoms with Crippen molar-refractivity contribution in [3.05, 3.63) is 29.3 Å². The minimum atomic E-state index is -0.0335. The number of nitrogens with zero attached hydrogens (tertiary/aromatic N) is 2. The molecule has 0 atom stereocenters. The van der Waals surface area contributed by atoms with E-state index in [2.05, 4.69) is 5.32 Å². The van der Waals surface area contributed by atoms with Crippen molar-refractivity contribution >= 4 is 11.9 Å². The SMILES string of the molecule is CCCNC(=O)N1CCCN(C(=O)c2ccc(OC)c(CC)c2)CC1. The molecule has 0 saturated carbocycles. The second kappa shape index (κ2) is 9.30. The van der Waals surface area contributed by atoms with Gasteiger partial charge in [-0.15, -0.1) is 0 Å². The molecule has 6 heteroatoms. The summed E-state index contributed by atoms with van der Waals surface area (Å²) in [6.45, 7) is 7.24. The van der Waals surface area contributed by atoms with Gasteiger partial charge in [-0.2, -0.15) is 0 Å². The van der Waals surface area contributed by atoms with Gasteiger partial charge in [-0.1, -0.05) is 13.8 Å². The fourth-order valence-corrected chi connectivity index (χ4v) is 3.04. The van der Waals surface area contributed by atoms with Crippen LogP contribution in [0.4, 0.5) is 4.79 Å². The van der Waals surface area contributed by atoms with Crippen LogP contribution >= 0.6 is 0 Å². The smallest absolute Gasteiger partial charge is 0.317 e. The van der Waals surface area contributed by atoms with Crippen LogP contribution < -0.4 is 10.1 Å². The summed E-state index contributed by atoms with van der Waals surface area (Å²) in [6.07, 6.45) is 2.53. The standard InChI is InChI=1S/C19H29N3O3/c1-4-9-20-19(24)22-11-6-10-21(12-13-22)18(23)16-7-8-17(25-3)15(5-2)14-16/h7-8,14H,4-6,9-13H2,1-3H3,(H,20,24). The Balaban J connectivity index is 2.02. The van der Waals surface area contributed by atoms with Crippen molar-refractivity contribution in [3.63, 3.8) is 0 Å². The topological polar surface area (TPSA) is 61.9 Å². The van der Waals surface area contributed by atoms with E-state index in [0.29, 0.717) is 38.3 Å². The molecular formula is C19H29N3O3. The molecule has 2 rings (SSSR count). The predicted molar refractivity (Wildman–Crippen MR) is 98.2 cm³/mol. The zero-order valence-electron chi connectivity index (χ0n) is 15.5. The number of urea groups is 1. The van der Waals surface area contributed by atoms with E-state index < -0.39 is 0 Å². The van der Waals surface area contributed by atoms with Gasteiger partial charge in [-0.3, -0.25) is 4.79 Å². The van der Waals surface area contributed by atoms with Crippen LogP contribution in [0.5, 0.6) is 5.75 Å². The molecule has 138 valence electrons. The number of hydrogen-bond donors (Lipinski definition) is 1. The zero-order chi connectivity index (χ0) is 18.2. The van der Waals surface area contributed by atoms with E-state index in [0.717, 1.165) is 30.6 Å². The maximum Gasteiger partial charge on any atom is 0.317 e. The van der Waals surface area contributed by atoms with Crippen LogP contribution in [0.15, 0.2) is 18.2 Å². The molecule has 0 radical (unpaired) electrons. The molecule has 1 aliphatic heterocycles. The molecule has 3 amide bonds. The van der Waals surface area contributed by atoms with Gasteiger partial charge in [-0.25, -0.2) is 4.79 Å². The van der Waals surface area contributed by atoms with Gasteiger partial charge in [0.1, 0.15) is 5.75 Å². The summed E-state index contributed by atoms with van der Waals surface area (Å²) in [5, 5.41) is 2.90. The normalized spacial score (nSPS) is 14.8. The van der Waals surface area contributed by atoms with Crippen molar-refractivity contribution in [3.8, 4) is 5.75 Å². The van der Waals surface area contributed by atoms with Crippen LogP contribution in [-0.2, 0) is 6.42 Å². The number of carbonyl (C=O) groups is 2. The van der Waals surface area contributed by atoms with Gasteiger partial charge < -0.3 is 19.9 Å². The van der Waals surface area contributed by atoms with Crippen LogP contribution in [0, 0.1) is 0 Å². The van der Waals surface area contributed by atoms with E-state index in [4.69, 9.17) is 4.74 Å². The van der Waals surface area contributed by atoms with Gasteiger partial charge in [0, 0.05) is 38.3 Å². The van der Waals surface area contributed by atoms with Gasteiger partial charge in [0.25, 0.3) is 5.91 Å². The Kier molecular flexibility index (Phi) is 7.10. The fraction of sp³-hybridized carbons (Fsp3) is 0.579. The molecular weight excluding hydrogens is 318 g/mol. The third-order valence-corrected chi connectivity index (χ3v) is 4.50. The Morgan fingerprint density at radius 2 is 1.84 bits per heavy atom. The number of hydrogen-bond acceptors (Lipinski definition) is 3. The fourth-order valence-electron chi connectivity index (χ4n) is 3.04. The first-order valence-electron chi connectivity index (χ1n) is 9.09. The van der Waals surface area contributed by atoms with Gasteiger partial charge in [0.15, 0.2) is 0 Å². The van der Waals surface area contributed by atoms with Crippen LogP contribution in [0.1, 0.15) is 42.6 Å². The van der Waals surface area contributed by atoms with E-state index in [1.54, 1.807) is 12.0 Å². The first kappa shape index (κ1) is 19.1. The molecule has 1 aromatic rings. The minimum absolute atomic E-state index is 0.0215. The molecule has 1 N–H and O–H groups in total. The Morgan fingerprint density at radius 3 is 2.52 bits per heavy atom. The molecule has 25 heavy (non-hydrogen) atoms. The Hall–Kier alpha value is -2.24. The maximum absolute atomic E-state index is 12.8. The third kappa shape index (κ3) is 4.87. The van der Waals surface area contributed by atoms with Crippen molar-refractivity contribution in [1.29, 1.82) is 0 Å². The number of ether oxygens (including phenoxy) is 1. The van der Waals surface area contributed by atoms with Gasteiger partial charge in [-0.05, 0) is 43.0 Å². The number of amides is 3. The van der Waals surface area contributed by atoms with Crippen LogP contribution in [0.3, 0.4) is 0 Å². The highest BCUT2D eigenvalue weighted by atomic mass is 16.5. The highest BCUT2D eigenvalue weighted by molar-refractivity contribution is 5.94. The molecule has 1 saturated heterocycles. The molecule has 1 fully saturated rings. The van der Waals surface area contributed by atoms with Crippen LogP contribution in [-0.4, -0.2) is 61.6 Å². The predicted octanol–water partition coefficient (Wildman–Crippen LogP) is 2.53. The average Bonchev–Trinajstić information content (AvgIpc) is 2.91. The summed E-state index contributed by atoms with van der Waals surface area (Å²) in [5.41, 5.74) is 1.71. The van der Waals surface area contributed by atoms with E-state index in [9.17, 15) is 9.59 Å². The highest BCUT2D eigenvalue weighted by Crippen LogP contribution is 2.21. The molecule has 1 aliphatic rings. The number of carbonyl (C=O) groups excluding carboxylic acids is 2. The summed E-state index contributed by atoms with van der Waals surface area (Å²) in [7, 11) is 1.64. The van der Waals surface area contributed by atoms with Gasteiger partial charge >= 0.3 is 6.03 Å². The van der Waals surface area contributed by atoms with Crippen molar-refractivity contribution < 1.29 is 14.3 Å². The lowest BCUT2D eigenvalue weighted by molar-refractivity contribution is 0.0762. The van der Waals surface area contributed by atoms with Crippen LogP contribution in [0.2, 0.25) is 0 Å². The molecule has 0 bridgehead atoms.